The Hall–Kier alpha value is -3.95. The van der Waals surface area contributed by atoms with Gasteiger partial charge in [0.2, 0.25) is 5.95 Å². The topological polar surface area (TPSA) is 76.6 Å². The fourth-order valence-corrected chi connectivity index (χ4v) is 5.23. The number of nitrogens with one attached hydrogen (secondary N) is 2. The molecule has 0 saturated carbocycles. The lowest BCUT2D eigenvalue weighted by Gasteiger charge is -2.34. The maximum Gasteiger partial charge on any atom is 0.261 e. The van der Waals surface area contributed by atoms with Gasteiger partial charge in [-0.25, -0.2) is 9.97 Å². The second-order valence-electron chi connectivity index (χ2n) is 9.64. The third-order valence-electron chi connectivity index (χ3n) is 6.59. The Morgan fingerprint density at radius 2 is 1.82 bits per heavy atom. The van der Waals surface area contributed by atoms with E-state index in [2.05, 4.69) is 56.7 Å². The van der Waals surface area contributed by atoms with E-state index in [0.29, 0.717) is 17.4 Å². The summed E-state index contributed by atoms with van der Waals surface area (Å²) < 4.78 is 0. The Morgan fingerprint density at radius 3 is 2.63 bits per heavy atom. The van der Waals surface area contributed by atoms with Crippen molar-refractivity contribution in [2.24, 2.45) is 0 Å². The summed E-state index contributed by atoms with van der Waals surface area (Å²) in [6, 6.07) is 22.2. The summed E-state index contributed by atoms with van der Waals surface area (Å²) in [7, 11) is 6.17. The normalized spacial score (nSPS) is 13.8. The maximum absolute atomic E-state index is 12.8. The van der Waals surface area contributed by atoms with E-state index in [0.717, 1.165) is 53.7 Å². The average Bonchev–Trinajstić information content (AvgIpc) is 3.43. The van der Waals surface area contributed by atoms with E-state index in [-0.39, 0.29) is 5.91 Å². The van der Waals surface area contributed by atoms with Gasteiger partial charge in [0, 0.05) is 70.1 Å². The number of anilines is 4. The van der Waals surface area contributed by atoms with Crippen LogP contribution in [-0.4, -0.2) is 68.1 Å². The molecule has 9 heteroatoms. The van der Waals surface area contributed by atoms with Crippen LogP contribution in [0.1, 0.15) is 15.2 Å². The van der Waals surface area contributed by atoms with Crippen molar-refractivity contribution in [1.29, 1.82) is 0 Å². The number of hydrogen-bond donors (Lipinski definition) is 2. The molecule has 0 aliphatic carbocycles. The van der Waals surface area contributed by atoms with Gasteiger partial charge < -0.3 is 25.3 Å². The lowest BCUT2D eigenvalue weighted by atomic mass is 10.2. The van der Waals surface area contributed by atoms with E-state index in [1.807, 2.05) is 61.5 Å². The first-order chi connectivity index (χ1) is 18.4. The Bertz CT molecular complexity index is 1390. The van der Waals surface area contributed by atoms with Gasteiger partial charge in [0.1, 0.15) is 0 Å². The highest BCUT2D eigenvalue weighted by molar-refractivity contribution is 7.17. The monoisotopic (exact) mass is 527 g/mol. The molecule has 1 amide bonds. The van der Waals surface area contributed by atoms with Gasteiger partial charge >= 0.3 is 0 Å². The molecule has 0 radical (unpaired) electrons. The molecule has 1 saturated heterocycles. The highest BCUT2D eigenvalue weighted by Gasteiger charge is 2.15. The number of carbonyl (C=O) groups is 1. The smallest absolute Gasteiger partial charge is 0.261 e. The third kappa shape index (κ3) is 6.30. The molecule has 0 atom stereocenters. The number of carbonyl (C=O) groups excluding carboxylic acids is 1. The summed E-state index contributed by atoms with van der Waals surface area (Å²) in [5.74, 6) is 0.433. The molecule has 1 aliphatic heterocycles. The van der Waals surface area contributed by atoms with Crippen LogP contribution in [-0.2, 0) is 6.54 Å². The summed E-state index contributed by atoms with van der Waals surface area (Å²) in [4.78, 5) is 30.3. The van der Waals surface area contributed by atoms with Gasteiger partial charge in [-0.1, -0.05) is 18.2 Å². The quantitative estimate of drug-likeness (QED) is 0.344. The van der Waals surface area contributed by atoms with E-state index < -0.39 is 0 Å². The zero-order chi connectivity index (χ0) is 26.5. The third-order valence-corrected chi connectivity index (χ3v) is 7.70. The Labute approximate surface area is 228 Å². The summed E-state index contributed by atoms with van der Waals surface area (Å²) in [6.07, 6.45) is 1.74. The molecule has 1 fully saturated rings. The van der Waals surface area contributed by atoms with Crippen LogP contribution >= 0.6 is 11.3 Å². The molecule has 2 aromatic heterocycles. The minimum Gasteiger partial charge on any atom is -0.378 e. The number of nitrogens with zero attached hydrogens (tertiary/aromatic N) is 5. The minimum atomic E-state index is -0.0929. The van der Waals surface area contributed by atoms with Crippen LogP contribution in [0, 0.1) is 0 Å². The van der Waals surface area contributed by atoms with Crippen molar-refractivity contribution < 1.29 is 4.79 Å². The fourth-order valence-electron chi connectivity index (χ4n) is 4.34. The number of piperazine rings is 1. The number of benzene rings is 2. The number of amides is 1. The van der Waals surface area contributed by atoms with E-state index >= 15 is 0 Å². The molecule has 3 heterocycles. The van der Waals surface area contributed by atoms with Crippen LogP contribution in [0.25, 0.3) is 10.6 Å². The number of thiophene rings is 1. The van der Waals surface area contributed by atoms with Crippen molar-refractivity contribution in [3.05, 3.63) is 83.4 Å². The van der Waals surface area contributed by atoms with Crippen LogP contribution in [0.2, 0.25) is 0 Å². The van der Waals surface area contributed by atoms with Gasteiger partial charge in [-0.15, -0.1) is 11.3 Å². The zero-order valence-corrected chi connectivity index (χ0v) is 22.8. The largest absolute Gasteiger partial charge is 0.378 e. The molecule has 1 aliphatic rings. The SMILES string of the molecule is CN1CCN(c2cccc(Nc3nccc(-c4ccc(C(=O)NCc5cccc(N(C)C)c5)s4)n3)c2)CC1. The second kappa shape index (κ2) is 11.6. The number of aromatic nitrogens is 2. The first kappa shape index (κ1) is 25.7. The van der Waals surface area contributed by atoms with E-state index in [1.165, 1.54) is 17.0 Å². The van der Waals surface area contributed by atoms with Gasteiger partial charge in [0.05, 0.1) is 15.4 Å². The molecule has 5 rings (SSSR count). The van der Waals surface area contributed by atoms with E-state index in [9.17, 15) is 4.79 Å². The van der Waals surface area contributed by atoms with E-state index in [1.54, 1.807) is 6.20 Å². The van der Waals surface area contributed by atoms with Crippen LogP contribution in [0.15, 0.2) is 72.9 Å². The van der Waals surface area contributed by atoms with Gasteiger partial charge in [-0.05, 0) is 61.1 Å². The molecule has 0 bridgehead atoms. The van der Waals surface area contributed by atoms with Gasteiger partial charge in [0.15, 0.2) is 0 Å². The van der Waals surface area contributed by atoms with Crippen molar-refractivity contribution in [2.45, 2.75) is 6.54 Å². The highest BCUT2D eigenvalue weighted by Crippen LogP contribution is 2.28. The number of rotatable bonds is 8. The number of hydrogen-bond acceptors (Lipinski definition) is 8. The maximum atomic E-state index is 12.8. The van der Waals surface area contributed by atoms with Gasteiger partial charge in [-0.3, -0.25) is 4.79 Å². The molecule has 38 heavy (non-hydrogen) atoms. The second-order valence-corrected chi connectivity index (χ2v) is 10.7. The number of likely N-dealkylation sites (N-methyl/N-ethyl adjacent to an activating group) is 1. The standard InChI is InChI=1S/C29H33N7OS/c1-34(2)23-8-4-6-21(18-23)20-31-28(37)27-11-10-26(38-27)25-12-13-30-29(33-25)32-22-7-5-9-24(19-22)36-16-14-35(3)15-17-36/h4-13,18-19H,14-17,20H2,1-3H3,(H,31,37)(H,30,32,33). The molecule has 0 unspecified atom stereocenters. The molecule has 196 valence electrons. The summed E-state index contributed by atoms with van der Waals surface area (Å²) in [5.41, 5.74) is 5.09. The highest BCUT2D eigenvalue weighted by atomic mass is 32.1. The Kier molecular flexibility index (Phi) is 7.86. The van der Waals surface area contributed by atoms with E-state index in [4.69, 9.17) is 4.98 Å². The van der Waals surface area contributed by atoms with Crippen LogP contribution < -0.4 is 20.4 Å². The van der Waals surface area contributed by atoms with Crippen molar-refractivity contribution in [1.82, 2.24) is 20.2 Å². The first-order valence-electron chi connectivity index (χ1n) is 12.7. The first-order valence-corrected chi connectivity index (χ1v) is 13.5. The molecular formula is C29H33N7OS. The van der Waals surface area contributed by atoms with Gasteiger partial charge in [0.25, 0.3) is 5.91 Å². The molecule has 8 nitrogen and oxygen atoms in total. The average molecular weight is 528 g/mol. The minimum absolute atomic E-state index is 0.0929. The molecule has 0 spiro atoms. The molecule has 2 N–H and O–H groups in total. The molecule has 4 aromatic rings. The van der Waals surface area contributed by atoms with Crippen LogP contribution in [0.3, 0.4) is 0 Å². The lowest BCUT2D eigenvalue weighted by molar-refractivity contribution is 0.0955. The van der Waals surface area contributed by atoms with Crippen LogP contribution in [0.5, 0.6) is 0 Å². The van der Waals surface area contributed by atoms with Crippen molar-refractivity contribution >= 4 is 40.3 Å². The summed E-state index contributed by atoms with van der Waals surface area (Å²) >= 11 is 1.42. The lowest BCUT2D eigenvalue weighted by Crippen LogP contribution is -2.44. The molecular weight excluding hydrogens is 494 g/mol. The van der Waals surface area contributed by atoms with Crippen molar-refractivity contribution in [3.63, 3.8) is 0 Å². The molecule has 2 aromatic carbocycles. The Morgan fingerprint density at radius 1 is 1.00 bits per heavy atom. The van der Waals surface area contributed by atoms with Gasteiger partial charge in [-0.2, -0.15) is 0 Å². The van der Waals surface area contributed by atoms with Crippen molar-refractivity contribution in [2.75, 3.05) is 62.4 Å². The fraction of sp³-hybridized carbons (Fsp3) is 0.276. The van der Waals surface area contributed by atoms with Crippen LogP contribution in [0.4, 0.5) is 23.0 Å². The zero-order valence-electron chi connectivity index (χ0n) is 22.0. The van der Waals surface area contributed by atoms with Crippen molar-refractivity contribution in [3.8, 4) is 10.6 Å². The predicted octanol–water partition coefficient (Wildman–Crippen LogP) is 4.70. The summed E-state index contributed by atoms with van der Waals surface area (Å²) in [5, 5.41) is 6.37. The summed E-state index contributed by atoms with van der Waals surface area (Å²) in [6.45, 7) is 4.63. The predicted molar refractivity (Wildman–Crippen MR) is 157 cm³/mol. The Balaban J connectivity index is 1.23.